The minimum absolute atomic E-state index is 0.164. The van der Waals surface area contributed by atoms with Crippen LogP contribution in [0.1, 0.15) is 23.5 Å². The van der Waals surface area contributed by atoms with Gasteiger partial charge in [-0.25, -0.2) is 9.97 Å². The fourth-order valence-corrected chi connectivity index (χ4v) is 3.40. The van der Waals surface area contributed by atoms with Gasteiger partial charge in [0.05, 0.1) is 18.8 Å². The molecule has 0 radical (unpaired) electrons. The van der Waals surface area contributed by atoms with Crippen LogP contribution in [-0.2, 0) is 6.42 Å². The van der Waals surface area contributed by atoms with Crippen LogP contribution in [0.4, 0.5) is 0 Å². The zero-order chi connectivity index (χ0) is 13.7. The number of aromatic nitrogens is 2. The van der Waals surface area contributed by atoms with Crippen LogP contribution >= 0.6 is 27.3 Å². The molecule has 0 saturated carbocycles. The standard InChI is InChI=1S/C13H16BrN3OS/c1-3-15-10(6-12-9(14)4-5-19-12)11-7-13(18-2)17-8-16-11/h4-5,7-8,10,15H,3,6H2,1-2H3. The first-order valence-electron chi connectivity index (χ1n) is 6.05. The quantitative estimate of drug-likeness (QED) is 0.876. The van der Waals surface area contributed by atoms with E-state index in [1.165, 1.54) is 4.88 Å². The van der Waals surface area contributed by atoms with E-state index < -0.39 is 0 Å². The van der Waals surface area contributed by atoms with Gasteiger partial charge in [-0.15, -0.1) is 11.3 Å². The van der Waals surface area contributed by atoms with E-state index in [-0.39, 0.29) is 6.04 Å². The number of methoxy groups -OCH3 is 1. The van der Waals surface area contributed by atoms with Crippen LogP contribution in [0, 0.1) is 0 Å². The van der Waals surface area contributed by atoms with Crippen LogP contribution in [0.5, 0.6) is 5.88 Å². The van der Waals surface area contributed by atoms with Crippen molar-refractivity contribution in [3.05, 3.63) is 38.9 Å². The van der Waals surface area contributed by atoms with Crippen LogP contribution in [0.3, 0.4) is 0 Å². The molecule has 102 valence electrons. The highest BCUT2D eigenvalue weighted by Crippen LogP contribution is 2.28. The minimum Gasteiger partial charge on any atom is -0.481 e. The second-order valence-corrected chi connectivity index (χ2v) is 5.85. The topological polar surface area (TPSA) is 47.0 Å². The molecule has 0 aromatic carbocycles. The maximum absolute atomic E-state index is 5.16. The van der Waals surface area contributed by atoms with Crippen molar-refractivity contribution in [1.29, 1.82) is 0 Å². The molecule has 2 aromatic heterocycles. The second kappa shape index (κ2) is 6.98. The molecule has 0 aliphatic heterocycles. The largest absolute Gasteiger partial charge is 0.481 e. The van der Waals surface area contributed by atoms with Gasteiger partial charge in [-0.3, -0.25) is 0 Å². The van der Waals surface area contributed by atoms with E-state index in [4.69, 9.17) is 4.74 Å². The molecule has 0 aliphatic rings. The first kappa shape index (κ1) is 14.4. The van der Waals surface area contributed by atoms with E-state index in [2.05, 4.69) is 49.6 Å². The molecule has 1 unspecified atom stereocenters. The number of nitrogens with zero attached hydrogens (tertiary/aromatic N) is 2. The molecule has 6 heteroatoms. The zero-order valence-corrected chi connectivity index (χ0v) is 13.3. The Balaban J connectivity index is 2.21. The van der Waals surface area contributed by atoms with Crippen molar-refractivity contribution in [3.63, 3.8) is 0 Å². The summed E-state index contributed by atoms with van der Waals surface area (Å²) in [5.41, 5.74) is 0.953. The summed E-state index contributed by atoms with van der Waals surface area (Å²) in [5, 5.41) is 5.54. The number of hydrogen-bond acceptors (Lipinski definition) is 5. The normalized spacial score (nSPS) is 12.4. The summed E-state index contributed by atoms with van der Waals surface area (Å²) in [6.07, 6.45) is 2.44. The van der Waals surface area contributed by atoms with Gasteiger partial charge < -0.3 is 10.1 Å². The van der Waals surface area contributed by atoms with Gasteiger partial charge in [0.15, 0.2) is 0 Å². The summed E-state index contributed by atoms with van der Waals surface area (Å²) in [6.45, 7) is 2.98. The number of nitrogens with one attached hydrogen (secondary N) is 1. The number of ether oxygens (including phenoxy) is 1. The van der Waals surface area contributed by atoms with Gasteiger partial charge in [0, 0.05) is 21.8 Å². The van der Waals surface area contributed by atoms with Crippen LogP contribution in [0.2, 0.25) is 0 Å². The Morgan fingerprint density at radius 2 is 2.32 bits per heavy atom. The molecule has 2 heterocycles. The highest BCUT2D eigenvalue weighted by atomic mass is 79.9. The molecule has 0 bridgehead atoms. The van der Waals surface area contributed by atoms with Crippen molar-refractivity contribution in [2.45, 2.75) is 19.4 Å². The van der Waals surface area contributed by atoms with E-state index in [9.17, 15) is 0 Å². The molecular weight excluding hydrogens is 326 g/mol. The Hall–Kier alpha value is -0.980. The molecule has 2 rings (SSSR count). The third kappa shape index (κ3) is 3.75. The fourth-order valence-electron chi connectivity index (χ4n) is 1.84. The summed E-state index contributed by atoms with van der Waals surface area (Å²) in [4.78, 5) is 9.71. The molecule has 0 spiro atoms. The summed E-state index contributed by atoms with van der Waals surface area (Å²) in [5.74, 6) is 0.596. The smallest absolute Gasteiger partial charge is 0.216 e. The predicted molar refractivity (Wildman–Crippen MR) is 80.7 cm³/mol. The third-order valence-electron chi connectivity index (χ3n) is 2.76. The lowest BCUT2D eigenvalue weighted by Crippen LogP contribution is -2.23. The molecule has 4 nitrogen and oxygen atoms in total. The summed E-state index contributed by atoms with van der Waals surface area (Å²) < 4.78 is 6.31. The number of likely N-dealkylation sites (N-methyl/N-ethyl adjacent to an activating group) is 1. The molecule has 0 aliphatic carbocycles. The molecule has 0 amide bonds. The van der Waals surface area contributed by atoms with Gasteiger partial charge in [-0.2, -0.15) is 0 Å². The van der Waals surface area contributed by atoms with Crippen LogP contribution in [0.15, 0.2) is 28.3 Å². The third-order valence-corrected chi connectivity index (χ3v) is 4.71. The van der Waals surface area contributed by atoms with Crippen LogP contribution in [0.25, 0.3) is 0 Å². The van der Waals surface area contributed by atoms with E-state index >= 15 is 0 Å². The monoisotopic (exact) mass is 341 g/mol. The molecule has 19 heavy (non-hydrogen) atoms. The van der Waals surface area contributed by atoms with Gasteiger partial charge in [0.2, 0.25) is 5.88 Å². The molecule has 0 saturated heterocycles. The lowest BCUT2D eigenvalue weighted by atomic mass is 10.1. The van der Waals surface area contributed by atoms with Crippen molar-refractivity contribution >= 4 is 27.3 Å². The predicted octanol–water partition coefficient (Wildman–Crippen LogP) is 3.20. The second-order valence-electron chi connectivity index (χ2n) is 3.99. The van der Waals surface area contributed by atoms with Crippen molar-refractivity contribution in [3.8, 4) is 5.88 Å². The average Bonchev–Trinajstić information content (AvgIpc) is 2.84. The number of halogens is 1. The van der Waals surface area contributed by atoms with Crippen molar-refractivity contribution < 1.29 is 4.74 Å². The lowest BCUT2D eigenvalue weighted by molar-refractivity contribution is 0.394. The molecule has 2 aromatic rings. The van der Waals surface area contributed by atoms with Gasteiger partial charge >= 0.3 is 0 Å². The molecule has 1 atom stereocenters. The van der Waals surface area contributed by atoms with E-state index in [0.29, 0.717) is 5.88 Å². The van der Waals surface area contributed by atoms with E-state index in [0.717, 1.165) is 23.1 Å². The Bertz CT molecular complexity index is 532. The lowest BCUT2D eigenvalue weighted by Gasteiger charge is -2.17. The van der Waals surface area contributed by atoms with Crippen LogP contribution in [-0.4, -0.2) is 23.6 Å². The molecular formula is C13H16BrN3OS. The van der Waals surface area contributed by atoms with Crippen molar-refractivity contribution in [2.24, 2.45) is 0 Å². The molecule has 0 fully saturated rings. The minimum atomic E-state index is 0.164. The van der Waals surface area contributed by atoms with E-state index in [1.807, 2.05) is 6.07 Å². The van der Waals surface area contributed by atoms with Gasteiger partial charge in [0.1, 0.15) is 6.33 Å². The van der Waals surface area contributed by atoms with Gasteiger partial charge in [-0.05, 0) is 33.9 Å². The Labute approximate surface area is 125 Å². The van der Waals surface area contributed by atoms with Gasteiger partial charge in [0.25, 0.3) is 0 Å². The van der Waals surface area contributed by atoms with Crippen molar-refractivity contribution in [1.82, 2.24) is 15.3 Å². The Kier molecular flexibility index (Phi) is 5.30. The average molecular weight is 342 g/mol. The summed E-state index contributed by atoms with van der Waals surface area (Å²) >= 11 is 5.32. The van der Waals surface area contributed by atoms with E-state index in [1.54, 1.807) is 24.8 Å². The summed E-state index contributed by atoms with van der Waals surface area (Å²) in [7, 11) is 1.62. The number of rotatable bonds is 6. The summed E-state index contributed by atoms with van der Waals surface area (Å²) in [6, 6.07) is 4.12. The highest BCUT2D eigenvalue weighted by Gasteiger charge is 2.16. The highest BCUT2D eigenvalue weighted by molar-refractivity contribution is 9.10. The maximum Gasteiger partial charge on any atom is 0.216 e. The first-order valence-corrected chi connectivity index (χ1v) is 7.73. The maximum atomic E-state index is 5.16. The van der Waals surface area contributed by atoms with Crippen molar-refractivity contribution in [2.75, 3.05) is 13.7 Å². The first-order chi connectivity index (χ1) is 9.24. The fraction of sp³-hybridized carbons (Fsp3) is 0.385. The number of thiophene rings is 1. The zero-order valence-electron chi connectivity index (χ0n) is 10.9. The van der Waals surface area contributed by atoms with Gasteiger partial charge in [-0.1, -0.05) is 6.92 Å². The Morgan fingerprint density at radius 1 is 1.47 bits per heavy atom. The molecule has 1 N–H and O–H groups in total. The number of hydrogen-bond donors (Lipinski definition) is 1. The van der Waals surface area contributed by atoms with Crippen LogP contribution < -0.4 is 10.1 Å². The Morgan fingerprint density at radius 3 is 2.95 bits per heavy atom. The SMILES string of the molecule is CCNC(Cc1sccc1Br)c1cc(OC)ncn1.